The second kappa shape index (κ2) is 3.97. The predicted molar refractivity (Wildman–Crippen MR) is 55.8 cm³/mol. The van der Waals surface area contributed by atoms with Crippen molar-refractivity contribution in [2.75, 3.05) is 13.1 Å². The molecule has 1 aliphatic heterocycles. The number of nitrogens with zero attached hydrogens (tertiary/aromatic N) is 3. The van der Waals surface area contributed by atoms with Crippen LogP contribution >= 0.6 is 0 Å². The molecule has 1 aliphatic carbocycles. The van der Waals surface area contributed by atoms with Gasteiger partial charge < -0.3 is 4.52 Å². The van der Waals surface area contributed by atoms with Gasteiger partial charge in [0.25, 0.3) is 0 Å². The number of ketones is 1. The number of Topliss-reactive ketones (excluding diaryl/α,β-unsaturated/α-hetero) is 1. The van der Waals surface area contributed by atoms with Crippen LogP contribution in [0.1, 0.15) is 43.3 Å². The summed E-state index contributed by atoms with van der Waals surface area (Å²) in [6, 6.07) is 0. The summed E-state index contributed by atoms with van der Waals surface area (Å²) in [6.07, 6.45) is 3.68. The SMILES string of the molecule is O=C1CCN(Cc2noc(C3CC3)n2)CC1. The van der Waals surface area contributed by atoms with Crippen molar-refractivity contribution in [1.29, 1.82) is 0 Å². The fourth-order valence-electron chi connectivity index (χ4n) is 1.99. The third kappa shape index (κ3) is 2.14. The molecule has 16 heavy (non-hydrogen) atoms. The van der Waals surface area contributed by atoms with Crippen LogP contribution in [0.25, 0.3) is 0 Å². The summed E-state index contributed by atoms with van der Waals surface area (Å²) in [4.78, 5) is 17.7. The molecule has 0 aromatic carbocycles. The third-order valence-corrected chi connectivity index (χ3v) is 3.19. The van der Waals surface area contributed by atoms with E-state index in [0.29, 0.717) is 31.1 Å². The largest absolute Gasteiger partial charge is 0.339 e. The van der Waals surface area contributed by atoms with Gasteiger partial charge in [0, 0.05) is 31.8 Å². The van der Waals surface area contributed by atoms with Crippen LogP contribution in [0, 0.1) is 0 Å². The Hall–Kier alpha value is -1.23. The number of rotatable bonds is 3. The monoisotopic (exact) mass is 221 g/mol. The first-order valence-electron chi connectivity index (χ1n) is 5.88. The van der Waals surface area contributed by atoms with E-state index < -0.39 is 0 Å². The zero-order valence-corrected chi connectivity index (χ0v) is 9.19. The molecule has 3 rings (SSSR count). The van der Waals surface area contributed by atoms with Gasteiger partial charge in [-0.1, -0.05) is 5.16 Å². The minimum absolute atomic E-state index is 0.364. The molecular weight excluding hydrogens is 206 g/mol. The Morgan fingerprint density at radius 1 is 1.31 bits per heavy atom. The molecule has 0 unspecified atom stereocenters. The van der Waals surface area contributed by atoms with Crippen LogP contribution in [0.2, 0.25) is 0 Å². The molecule has 0 radical (unpaired) electrons. The predicted octanol–water partition coefficient (Wildman–Crippen LogP) is 1.11. The molecule has 0 bridgehead atoms. The van der Waals surface area contributed by atoms with E-state index in [0.717, 1.165) is 24.8 Å². The van der Waals surface area contributed by atoms with Crippen molar-refractivity contribution in [2.45, 2.75) is 38.1 Å². The van der Waals surface area contributed by atoms with Crippen LogP contribution in [0.4, 0.5) is 0 Å². The first-order chi connectivity index (χ1) is 7.81. The molecule has 1 saturated carbocycles. The van der Waals surface area contributed by atoms with Gasteiger partial charge in [0.1, 0.15) is 5.78 Å². The summed E-state index contributed by atoms with van der Waals surface area (Å²) in [5, 5.41) is 3.98. The standard InChI is InChI=1S/C11H15N3O2/c15-9-3-5-14(6-4-9)7-10-12-11(16-13-10)8-1-2-8/h8H,1-7H2. The maximum absolute atomic E-state index is 11.1. The second-order valence-corrected chi connectivity index (χ2v) is 4.64. The number of aromatic nitrogens is 2. The molecule has 2 fully saturated rings. The van der Waals surface area contributed by atoms with Gasteiger partial charge in [0.2, 0.25) is 5.89 Å². The highest BCUT2D eigenvalue weighted by atomic mass is 16.5. The van der Waals surface area contributed by atoms with Crippen LogP contribution in [-0.2, 0) is 11.3 Å². The Morgan fingerprint density at radius 2 is 2.06 bits per heavy atom. The normalized spacial score (nSPS) is 22.6. The maximum Gasteiger partial charge on any atom is 0.229 e. The molecule has 2 heterocycles. The Labute approximate surface area is 93.8 Å². The van der Waals surface area contributed by atoms with Crippen LogP contribution in [0.5, 0.6) is 0 Å². The lowest BCUT2D eigenvalue weighted by molar-refractivity contribution is -0.121. The lowest BCUT2D eigenvalue weighted by Crippen LogP contribution is -2.33. The fourth-order valence-corrected chi connectivity index (χ4v) is 1.99. The van der Waals surface area contributed by atoms with E-state index in [2.05, 4.69) is 15.0 Å². The van der Waals surface area contributed by atoms with E-state index in [4.69, 9.17) is 4.52 Å². The molecule has 0 atom stereocenters. The average molecular weight is 221 g/mol. The molecule has 1 aromatic rings. The van der Waals surface area contributed by atoms with Crippen LogP contribution in [-0.4, -0.2) is 33.9 Å². The van der Waals surface area contributed by atoms with Crippen molar-refractivity contribution in [1.82, 2.24) is 15.0 Å². The molecule has 0 spiro atoms. The summed E-state index contributed by atoms with van der Waals surface area (Å²) in [5.41, 5.74) is 0. The van der Waals surface area contributed by atoms with Crippen molar-refractivity contribution in [3.8, 4) is 0 Å². The van der Waals surface area contributed by atoms with Crippen LogP contribution in [0.3, 0.4) is 0 Å². The van der Waals surface area contributed by atoms with Gasteiger partial charge >= 0.3 is 0 Å². The lowest BCUT2D eigenvalue weighted by atomic mass is 10.1. The van der Waals surface area contributed by atoms with Crippen LogP contribution < -0.4 is 0 Å². The smallest absolute Gasteiger partial charge is 0.229 e. The first-order valence-corrected chi connectivity index (χ1v) is 5.88. The zero-order valence-electron chi connectivity index (χ0n) is 9.19. The lowest BCUT2D eigenvalue weighted by Gasteiger charge is -2.23. The van der Waals surface area contributed by atoms with Crippen molar-refractivity contribution in [3.63, 3.8) is 0 Å². The third-order valence-electron chi connectivity index (χ3n) is 3.19. The summed E-state index contributed by atoms with van der Waals surface area (Å²) < 4.78 is 5.20. The van der Waals surface area contributed by atoms with Gasteiger partial charge in [-0.2, -0.15) is 4.98 Å². The summed E-state index contributed by atoms with van der Waals surface area (Å²) >= 11 is 0. The molecule has 1 aromatic heterocycles. The van der Waals surface area contributed by atoms with E-state index >= 15 is 0 Å². The van der Waals surface area contributed by atoms with Gasteiger partial charge in [-0.25, -0.2) is 0 Å². The van der Waals surface area contributed by atoms with Crippen molar-refractivity contribution >= 4 is 5.78 Å². The molecule has 5 nitrogen and oxygen atoms in total. The Kier molecular flexibility index (Phi) is 2.47. The summed E-state index contributed by atoms with van der Waals surface area (Å²) in [6.45, 7) is 2.36. The zero-order chi connectivity index (χ0) is 11.0. The first kappa shape index (κ1) is 9.96. The van der Waals surface area contributed by atoms with Crippen molar-refractivity contribution < 1.29 is 9.32 Å². The number of carbonyl (C=O) groups excluding carboxylic acids is 1. The molecule has 2 aliphatic rings. The minimum Gasteiger partial charge on any atom is -0.339 e. The molecule has 0 N–H and O–H groups in total. The molecule has 1 saturated heterocycles. The number of hydrogen-bond acceptors (Lipinski definition) is 5. The van der Waals surface area contributed by atoms with E-state index in [9.17, 15) is 4.79 Å². The highest BCUT2D eigenvalue weighted by Gasteiger charge is 2.30. The van der Waals surface area contributed by atoms with Crippen molar-refractivity contribution in [2.24, 2.45) is 0 Å². The molecule has 5 heteroatoms. The van der Waals surface area contributed by atoms with Gasteiger partial charge in [-0.3, -0.25) is 9.69 Å². The van der Waals surface area contributed by atoms with E-state index in [1.165, 1.54) is 12.8 Å². The molecule has 86 valence electrons. The minimum atomic E-state index is 0.364. The molecular formula is C11H15N3O2. The second-order valence-electron chi connectivity index (χ2n) is 4.64. The van der Waals surface area contributed by atoms with Gasteiger partial charge in [0.05, 0.1) is 6.54 Å². The molecule has 0 amide bonds. The number of carbonyl (C=O) groups is 1. The Morgan fingerprint density at radius 3 is 2.75 bits per heavy atom. The highest BCUT2D eigenvalue weighted by Crippen LogP contribution is 2.38. The Balaban J connectivity index is 1.58. The van der Waals surface area contributed by atoms with Gasteiger partial charge in [0.15, 0.2) is 5.82 Å². The fraction of sp³-hybridized carbons (Fsp3) is 0.727. The van der Waals surface area contributed by atoms with Crippen LogP contribution in [0.15, 0.2) is 4.52 Å². The quantitative estimate of drug-likeness (QED) is 0.765. The van der Waals surface area contributed by atoms with E-state index in [1.54, 1.807) is 0 Å². The number of hydrogen-bond donors (Lipinski definition) is 0. The van der Waals surface area contributed by atoms with Gasteiger partial charge in [-0.05, 0) is 12.8 Å². The average Bonchev–Trinajstić information content (AvgIpc) is 3.04. The maximum atomic E-state index is 11.1. The summed E-state index contributed by atoms with van der Waals surface area (Å²) in [7, 11) is 0. The van der Waals surface area contributed by atoms with E-state index in [-0.39, 0.29) is 0 Å². The summed E-state index contributed by atoms with van der Waals surface area (Å²) in [5.74, 6) is 2.44. The highest BCUT2D eigenvalue weighted by molar-refractivity contribution is 5.79. The van der Waals surface area contributed by atoms with E-state index in [1.807, 2.05) is 0 Å². The van der Waals surface area contributed by atoms with Gasteiger partial charge in [-0.15, -0.1) is 0 Å². The number of piperidine rings is 1. The topological polar surface area (TPSA) is 59.2 Å². The van der Waals surface area contributed by atoms with Crippen molar-refractivity contribution in [3.05, 3.63) is 11.7 Å². The number of likely N-dealkylation sites (tertiary alicyclic amines) is 1. The Bertz CT molecular complexity index is 388.